The van der Waals surface area contributed by atoms with Crippen molar-refractivity contribution in [2.24, 2.45) is 0 Å². The van der Waals surface area contributed by atoms with Gasteiger partial charge in [-0.25, -0.2) is 14.8 Å². The number of hydrogen-bond acceptors (Lipinski definition) is 6. The second-order valence-corrected chi connectivity index (χ2v) is 12.7. The van der Waals surface area contributed by atoms with E-state index in [0.717, 1.165) is 36.8 Å². The molecular weight excluding hydrogens is 614 g/mol. The Morgan fingerprint density at radius 2 is 1.18 bits per heavy atom. The fraction of sp³-hybridized carbons (Fsp3) is 0.375. The number of ether oxygens (including phenoxy) is 2. The molecule has 254 valence electrons. The number of carbonyl (C=O) groups excluding carboxylic acids is 2. The third-order valence-electron chi connectivity index (χ3n) is 8.77. The molecule has 2 amide bonds. The molecule has 2 aliphatic rings. The van der Waals surface area contributed by atoms with Crippen LogP contribution in [0.3, 0.4) is 0 Å². The first-order valence-corrected chi connectivity index (χ1v) is 17.3. The maximum absolute atomic E-state index is 12.3. The van der Waals surface area contributed by atoms with Gasteiger partial charge in [-0.05, 0) is 61.9 Å². The smallest absolute Gasteiger partial charge is 0.253 e. The minimum absolute atomic E-state index is 0.0420. The number of benzene rings is 2. The summed E-state index contributed by atoms with van der Waals surface area (Å²) in [4.78, 5) is 36.4. The second kappa shape index (κ2) is 18.3. The summed E-state index contributed by atoms with van der Waals surface area (Å²) < 4.78 is 11.3. The zero-order chi connectivity index (χ0) is 34.3. The molecule has 49 heavy (non-hydrogen) atoms. The Morgan fingerprint density at radius 3 is 1.63 bits per heavy atom. The zero-order valence-corrected chi connectivity index (χ0v) is 28.2. The lowest BCUT2D eigenvalue weighted by molar-refractivity contribution is 0.0918. The Kier molecular flexibility index (Phi) is 13.1. The van der Waals surface area contributed by atoms with Crippen molar-refractivity contribution in [2.45, 2.75) is 96.4 Å². The molecule has 2 aliphatic carbocycles. The molecular formula is C40H45N5O4. The normalized spacial score (nSPS) is 14.8. The maximum atomic E-state index is 12.3. The summed E-state index contributed by atoms with van der Waals surface area (Å²) in [5.41, 5.74) is 4.95. The van der Waals surface area contributed by atoms with Crippen molar-refractivity contribution in [1.29, 1.82) is 0 Å². The van der Waals surface area contributed by atoms with Crippen molar-refractivity contribution in [2.75, 3.05) is 0 Å². The van der Waals surface area contributed by atoms with Gasteiger partial charge < -0.3 is 20.1 Å². The molecule has 9 nitrogen and oxygen atoms in total. The molecule has 9 heteroatoms. The molecule has 0 spiro atoms. The third-order valence-corrected chi connectivity index (χ3v) is 8.77. The van der Waals surface area contributed by atoms with Crippen molar-refractivity contribution in [1.82, 2.24) is 20.6 Å². The van der Waals surface area contributed by atoms with Gasteiger partial charge in [-0.3, -0.25) is 9.59 Å². The summed E-state index contributed by atoms with van der Waals surface area (Å²) in [6.07, 6.45) is 14.7. The van der Waals surface area contributed by atoms with E-state index in [1.165, 1.54) is 44.1 Å². The van der Waals surface area contributed by atoms with Crippen LogP contribution >= 0.6 is 0 Å². The van der Waals surface area contributed by atoms with Gasteiger partial charge in [-0.15, -0.1) is 0 Å². The molecule has 2 saturated carbocycles. The van der Waals surface area contributed by atoms with Gasteiger partial charge in [0.15, 0.2) is 5.69 Å². The molecule has 2 aromatic carbocycles. The average Bonchev–Trinajstić information content (AvgIpc) is 3.15. The van der Waals surface area contributed by atoms with Crippen molar-refractivity contribution in [3.8, 4) is 11.8 Å². The minimum Gasteiger partial charge on any atom is -0.473 e. The first-order valence-electron chi connectivity index (χ1n) is 17.3. The van der Waals surface area contributed by atoms with Crippen LogP contribution in [0.4, 0.5) is 5.69 Å². The van der Waals surface area contributed by atoms with E-state index in [0.29, 0.717) is 47.8 Å². The van der Waals surface area contributed by atoms with Gasteiger partial charge >= 0.3 is 0 Å². The lowest BCUT2D eigenvalue weighted by Gasteiger charge is -2.22. The summed E-state index contributed by atoms with van der Waals surface area (Å²) in [7, 11) is 0. The Hall–Kier alpha value is -5.23. The van der Waals surface area contributed by atoms with Crippen molar-refractivity contribution >= 4 is 17.5 Å². The Bertz CT molecular complexity index is 1690. The number of aryl methyl sites for hydroxylation is 1. The van der Waals surface area contributed by atoms with Gasteiger partial charge in [0.05, 0.1) is 17.7 Å². The zero-order valence-electron chi connectivity index (χ0n) is 28.2. The van der Waals surface area contributed by atoms with Crippen LogP contribution in [0.5, 0.6) is 11.8 Å². The first kappa shape index (κ1) is 35.1. The van der Waals surface area contributed by atoms with Crippen molar-refractivity contribution < 1.29 is 19.1 Å². The quantitative estimate of drug-likeness (QED) is 0.166. The van der Waals surface area contributed by atoms with E-state index in [1.54, 1.807) is 48.8 Å². The highest BCUT2D eigenvalue weighted by atomic mass is 16.5. The molecule has 2 fully saturated rings. The topological polar surface area (TPSA) is 107 Å². The summed E-state index contributed by atoms with van der Waals surface area (Å²) in [5, 5.41) is 6.18. The number of nitrogens with zero attached hydrogens (tertiary/aromatic N) is 3. The van der Waals surface area contributed by atoms with E-state index in [-0.39, 0.29) is 17.9 Å². The number of pyridine rings is 2. The van der Waals surface area contributed by atoms with E-state index in [2.05, 4.69) is 44.5 Å². The number of carbonyl (C=O) groups is 2. The minimum atomic E-state index is -0.0734. The maximum Gasteiger partial charge on any atom is 0.253 e. The van der Waals surface area contributed by atoms with E-state index in [1.807, 2.05) is 24.3 Å². The summed E-state index contributed by atoms with van der Waals surface area (Å²) in [5.74, 6) is 0.878. The van der Waals surface area contributed by atoms with Crippen LogP contribution in [0.15, 0.2) is 85.2 Å². The molecule has 6 rings (SSSR count). The monoisotopic (exact) mass is 659 g/mol. The first-order chi connectivity index (χ1) is 23.9. The van der Waals surface area contributed by atoms with Gasteiger partial charge in [-0.2, -0.15) is 0 Å². The lowest BCUT2D eigenvalue weighted by atomic mass is 9.95. The van der Waals surface area contributed by atoms with Gasteiger partial charge in [0.1, 0.15) is 13.2 Å². The molecule has 4 aromatic rings. The number of nitrogens with one attached hydrogen (secondary N) is 2. The molecule has 0 atom stereocenters. The van der Waals surface area contributed by atoms with E-state index < -0.39 is 0 Å². The molecule has 0 unspecified atom stereocenters. The number of hydrogen-bond donors (Lipinski definition) is 2. The van der Waals surface area contributed by atoms with Crippen LogP contribution in [-0.4, -0.2) is 33.9 Å². The van der Waals surface area contributed by atoms with E-state index >= 15 is 0 Å². The Morgan fingerprint density at radius 1 is 0.694 bits per heavy atom. The molecule has 2 heterocycles. The van der Waals surface area contributed by atoms with Crippen LogP contribution in [0.25, 0.3) is 4.85 Å². The highest BCUT2D eigenvalue weighted by Gasteiger charge is 2.18. The third kappa shape index (κ3) is 11.5. The average molecular weight is 660 g/mol. The van der Waals surface area contributed by atoms with Crippen LogP contribution in [0, 0.1) is 13.5 Å². The van der Waals surface area contributed by atoms with Crippen LogP contribution < -0.4 is 20.1 Å². The highest BCUT2D eigenvalue weighted by molar-refractivity contribution is 5.94. The highest BCUT2D eigenvalue weighted by Crippen LogP contribution is 2.20. The fourth-order valence-corrected chi connectivity index (χ4v) is 6.06. The molecule has 0 saturated heterocycles. The molecule has 2 N–H and O–H groups in total. The van der Waals surface area contributed by atoms with Gasteiger partial charge in [-0.1, -0.05) is 86.6 Å². The standard InChI is InChI=1S/C20H21N3O2.C20H24N2O2/c1-21-18-9-5-6-15(12-18)14-25-19-11-10-16(13-22-19)20(24)23-17-7-3-2-4-8-17;1-15-6-5-7-16(12-15)14-24-19-11-10-17(13-21-19)20(23)22-18-8-3-2-4-9-18/h5-6,9-13,17H,2-4,7-8,14H2,(H,23,24);5-7,10-13,18H,2-4,8-9,14H2,1H3,(H,22,23). The Labute approximate surface area is 289 Å². The fourth-order valence-electron chi connectivity index (χ4n) is 6.06. The molecule has 0 radical (unpaired) electrons. The van der Waals surface area contributed by atoms with Crippen LogP contribution in [-0.2, 0) is 13.2 Å². The molecule has 0 aliphatic heterocycles. The number of aromatic nitrogens is 2. The van der Waals surface area contributed by atoms with Gasteiger partial charge in [0, 0.05) is 36.6 Å². The molecule has 0 bridgehead atoms. The molecule has 2 aromatic heterocycles. The van der Waals surface area contributed by atoms with Crippen molar-refractivity contribution in [3.63, 3.8) is 0 Å². The summed E-state index contributed by atoms with van der Waals surface area (Å²) in [6.45, 7) is 9.90. The summed E-state index contributed by atoms with van der Waals surface area (Å²) in [6, 6.07) is 23.0. The lowest BCUT2D eigenvalue weighted by Crippen LogP contribution is -2.36. The predicted molar refractivity (Wildman–Crippen MR) is 190 cm³/mol. The summed E-state index contributed by atoms with van der Waals surface area (Å²) >= 11 is 0. The largest absolute Gasteiger partial charge is 0.473 e. The SMILES string of the molecule is Cc1cccc(COc2ccc(C(=O)NC3CCCCC3)cn2)c1.[C-]#[N+]c1cccc(COc2ccc(C(=O)NC3CCCCC3)cn2)c1. The van der Waals surface area contributed by atoms with E-state index in [9.17, 15) is 9.59 Å². The predicted octanol–water partition coefficient (Wildman–Crippen LogP) is 8.31. The van der Waals surface area contributed by atoms with Gasteiger partial charge in [0.2, 0.25) is 11.8 Å². The van der Waals surface area contributed by atoms with Crippen molar-refractivity contribution in [3.05, 3.63) is 124 Å². The number of amides is 2. The van der Waals surface area contributed by atoms with E-state index in [4.69, 9.17) is 16.0 Å². The van der Waals surface area contributed by atoms with Crippen LogP contribution in [0.2, 0.25) is 0 Å². The number of rotatable bonds is 10. The Balaban J connectivity index is 0.000000191. The van der Waals surface area contributed by atoms with Crippen LogP contribution in [0.1, 0.15) is 102 Å². The second-order valence-electron chi connectivity index (χ2n) is 12.7. The van der Waals surface area contributed by atoms with Gasteiger partial charge in [0.25, 0.3) is 11.8 Å².